The molecule has 4 saturated carbocycles. The van der Waals surface area contributed by atoms with Gasteiger partial charge in [-0.25, -0.2) is 0 Å². The third-order valence-electron chi connectivity index (χ3n) is 24.3. The molecule has 548 valence electrons. The Morgan fingerprint density at radius 2 is 1.11 bits per heavy atom. The van der Waals surface area contributed by atoms with Crippen LogP contribution in [0.2, 0.25) is 0 Å². The summed E-state index contributed by atoms with van der Waals surface area (Å²) in [6.07, 6.45) is -42.1. The van der Waals surface area contributed by atoms with Gasteiger partial charge in [0.15, 0.2) is 37.7 Å². The Morgan fingerprint density at radius 3 is 1.77 bits per heavy atom. The monoisotopic (exact) mass is 1370 g/mol. The zero-order chi connectivity index (χ0) is 69.1. The van der Waals surface area contributed by atoms with Crippen molar-refractivity contribution >= 4 is 0 Å². The summed E-state index contributed by atoms with van der Waals surface area (Å²) in [6.45, 7) is 13.3. The highest BCUT2D eigenvalue weighted by Crippen LogP contribution is 2.78. The number of allylic oxidation sites excluding steroid dienone is 1. The Hall–Kier alpha value is -1.50. The molecular weight excluding hydrogens is 1260 g/mol. The molecule has 1 spiro atoms. The molecule has 0 amide bonds. The third kappa shape index (κ3) is 13.4. The Bertz CT molecular complexity index is 2580. The first kappa shape index (κ1) is 74.7. The maximum Gasteiger partial charge on any atom is 0.187 e. The Morgan fingerprint density at radius 1 is 0.537 bits per heavy atom. The van der Waals surface area contributed by atoms with Gasteiger partial charge in [0.2, 0.25) is 0 Å². The van der Waals surface area contributed by atoms with Gasteiger partial charge in [0.1, 0.15) is 128 Å². The summed E-state index contributed by atoms with van der Waals surface area (Å²) in [6, 6.07) is 0. The first-order chi connectivity index (χ1) is 44.6. The fourth-order valence-corrected chi connectivity index (χ4v) is 19.2. The van der Waals surface area contributed by atoms with Crippen molar-refractivity contribution < 1.29 is 153 Å². The van der Waals surface area contributed by atoms with Gasteiger partial charge >= 0.3 is 0 Å². The lowest BCUT2D eigenvalue weighted by Gasteiger charge is -2.70. The van der Waals surface area contributed by atoms with Crippen molar-refractivity contribution in [1.29, 1.82) is 0 Å². The van der Waals surface area contributed by atoms with Crippen LogP contribution < -0.4 is 0 Å². The van der Waals surface area contributed by atoms with Crippen molar-refractivity contribution in [3.63, 3.8) is 0 Å². The molecule has 7 aliphatic heterocycles. The van der Waals surface area contributed by atoms with Crippen LogP contribution in [0.1, 0.15) is 107 Å². The van der Waals surface area contributed by atoms with Crippen LogP contribution in [0.5, 0.6) is 0 Å². The van der Waals surface area contributed by atoms with E-state index >= 15 is 0 Å². The minimum absolute atomic E-state index is 0.0322. The fourth-order valence-electron chi connectivity index (χ4n) is 19.2. The second kappa shape index (κ2) is 28.6. The summed E-state index contributed by atoms with van der Waals surface area (Å²) >= 11 is 0. The third-order valence-corrected chi connectivity index (χ3v) is 24.3. The van der Waals surface area contributed by atoms with Crippen molar-refractivity contribution in [2.24, 2.45) is 45.3 Å². The van der Waals surface area contributed by atoms with Gasteiger partial charge in [-0.1, -0.05) is 39.3 Å². The van der Waals surface area contributed by atoms with Crippen molar-refractivity contribution in [3.8, 4) is 0 Å². The van der Waals surface area contributed by atoms with E-state index in [1.807, 2.05) is 26.8 Å². The van der Waals surface area contributed by atoms with Gasteiger partial charge in [-0.3, -0.25) is 0 Å². The van der Waals surface area contributed by atoms with E-state index in [-0.39, 0.29) is 52.4 Å². The maximum atomic E-state index is 12.9. The Kier molecular flexibility index (Phi) is 22.5. The highest BCUT2D eigenvalue weighted by atomic mass is 16.8. The van der Waals surface area contributed by atoms with E-state index in [9.17, 15) is 91.9 Å². The zero-order valence-corrected chi connectivity index (χ0v) is 55.0. The lowest BCUT2D eigenvalue weighted by Crippen LogP contribution is -2.68. The molecule has 11 fully saturated rings. The number of hydrogen-bond donors (Lipinski definition) is 18. The molecule has 0 aromatic carbocycles. The maximum absolute atomic E-state index is 12.9. The molecule has 31 nitrogen and oxygen atoms in total. The summed E-state index contributed by atoms with van der Waals surface area (Å²) in [5, 5.41) is 197. The number of fused-ring (bicyclic) bond motifs is 4. The van der Waals surface area contributed by atoms with E-state index in [0.717, 1.165) is 37.7 Å². The van der Waals surface area contributed by atoms with Gasteiger partial charge in [-0.15, -0.1) is 0 Å². The zero-order valence-electron chi connectivity index (χ0n) is 55.0. The van der Waals surface area contributed by atoms with Crippen LogP contribution in [0.4, 0.5) is 0 Å². The van der Waals surface area contributed by atoms with Crippen molar-refractivity contribution in [2.45, 2.75) is 303 Å². The van der Waals surface area contributed by atoms with Crippen molar-refractivity contribution in [2.75, 3.05) is 39.6 Å². The van der Waals surface area contributed by atoms with Gasteiger partial charge < -0.3 is 153 Å². The van der Waals surface area contributed by atoms with Crippen LogP contribution in [0.3, 0.4) is 0 Å². The van der Waals surface area contributed by atoms with E-state index in [1.165, 1.54) is 6.92 Å². The second-order valence-electron chi connectivity index (χ2n) is 30.7. The van der Waals surface area contributed by atoms with Crippen LogP contribution in [0, 0.1) is 45.3 Å². The van der Waals surface area contributed by atoms with Gasteiger partial charge in [-0.2, -0.15) is 0 Å². The predicted octanol–water partition coefficient (Wildman–Crippen LogP) is -5.26. The van der Waals surface area contributed by atoms with Gasteiger partial charge in [0, 0.05) is 17.8 Å². The number of aliphatic hydroxyl groups is 18. The molecule has 2 bridgehead atoms. The molecule has 11 rings (SSSR count). The molecule has 0 aromatic rings. The van der Waals surface area contributed by atoms with Crippen LogP contribution in [0.25, 0.3) is 0 Å². The van der Waals surface area contributed by atoms with E-state index in [4.69, 9.17) is 61.6 Å². The number of rotatable bonds is 19. The molecule has 4 aliphatic carbocycles. The molecule has 18 N–H and O–H groups in total. The van der Waals surface area contributed by atoms with Crippen LogP contribution in [-0.4, -0.2) is 327 Å². The van der Waals surface area contributed by atoms with Crippen LogP contribution in [-0.2, 0) is 61.6 Å². The minimum Gasteiger partial charge on any atom is -0.394 e. The molecule has 1 unspecified atom stereocenters. The lowest BCUT2D eigenvalue weighted by atomic mass is 9.35. The Balaban J connectivity index is 0.840. The predicted molar refractivity (Wildman–Crippen MR) is 318 cm³/mol. The molecule has 0 aromatic heterocycles. The molecule has 7 saturated heterocycles. The number of ether oxygens (including phenoxy) is 13. The first-order valence-corrected chi connectivity index (χ1v) is 33.8. The Labute approximate surface area is 551 Å². The topological polar surface area (TPSA) is 484 Å². The quantitative estimate of drug-likeness (QED) is 0.0424. The highest BCUT2D eigenvalue weighted by Gasteiger charge is 2.75. The molecule has 7 heterocycles. The average molecular weight is 1370 g/mol. The molecule has 11 aliphatic rings. The minimum atomic E-state index is -2.07. The summed E-state index contributed by atoms with van der Waals surface area (Å²) in [4.78, 5) is 0. The summed E-state index contributed by atoms with van der Waals surface area (Å²) < 4.78 is 80.5. The number of hydrogen-bond acceptors (Lipinski definition) is 31. The van der Waals surface area contributed by atoms with Gasteiger partial charge in [-0.05, 0) is 107 Å². The molecular formula is C64H106O31. The standard InChI is InChI=1S/C64H106O31/c1-24(2)15-26(88-57-50(81)45(76)41(72)32(19-66)90-57)16-63(8,82)37-27-9-10-35-61(6)13-12-36(60(4,5)34(61)11-14-62(35,7)64(27)17-30(37)86-23-64)92-58-53(95-56-49(80)43(74)38(69)25(3)87-56)51(29(68)21-84-58)93-59-52(94-55-47(78)39(70)28(67)20-83-55)46(77)42(73)33(91-59)22-85-54-48(79)44(75)40(71)31(18-65)89-54/h15,25-59,65-82H,9-14,16-23H2,1-8H3/t25-,26-,27+,28+,29-,30+,31+,32+,33+,34-,35+,36-,37+,38+,39-,40+,41+,42+,43+,44-,45-,46-,47+,48+,49-,50+,51-,52+,53+,54+,55-,56-,57+,58?,59-,61-,62+,63-,64-/m0/s1. The van der Waals surface area contributed by atoms with Crippen LogP contribution >= 0.6 is 0 Å². The SMILES string of the molecule is CC(C)=C[C@@H](C[C@](C)(O)[C@@H]1[C@H]2CC[C@@H]3[C@@]4(C)CC[C@H](OC5OC[C@H](O)[C@H](O[C@@H]6O[C@H](CO[C@@H]7O[C@H](CO)[C@@H](O)[C@H](O)[C@H]7O)[C@@H](O)[C@H](O)[C@H]6O[C@@H]6OC[C@@H](O)[C@H](O)[C@H]6O)[C@H]5O[C@@H]5O[C@@H](C)[C@@H](O)[C@@H](O)[C@@H]5O)C(C)(C)[C@@H]4CC[C@@]3(C)[C@@]23CO[C@@H]1C3)O[C@@H]1O[C@H](CO)[C@@H](O)[C@H](O)[C@H]1O. The van der Waals surface area contributed by atoms with Gasteiger partial charge in [0.25, 0.3) is 0 Å². The summed E-state index contributed by atoms with van der Waals surface area (Å²) in [5.74, 6) is -0.0192. The highest BCUT2D eigenvalue weighted by molar-refractivity contribution is 5.24. The molecule has 0 radical (unpaired) electrons. The van der Waals surface area contributed by atoms with Gasteiger partial charge in [0.05, 0.1) is 69.7 Å². The van der Waals surface area contributed by atoms with Crippen LogP contribution in [0.15, 0.2) is 11.6 Å². The van der Waals surface area contributed by atoms with Crippen molar-refractivity contribution in [3.05, 3.63) is 11.6 Å². The average Bonchev–Trinajstić information content (AvgIpc) is 1.57. The van der Waals surface area contributed by atoms with E-state index in [2.05, 4.69) is 27.7 Å². The molecule has 31 heteroatoms. The largest absolute Gasteiger partial charge is 0.394 e. The van der Waals surface area contributed by atoms with E-state index in [0.29, 0.717) is 19.4 Å². The molecule has 95 heavy (non-hydrogen) atoms. The second-order valence-corrected chi connectivity index (χ2v) is 30.7. The summed E-state index contributed by atoms with van der Waals surface area (Å²) in [5.41, 5.74) is -1.96. The van der Waals surface area contributed by atoms with Crippen molar-refractivity contribution in [1.82, 2.24) is 0 Å². The first-order valence-electron chi connectivity index (χ1n) is 33.8. The van der Waals surface area contributed by atoms with E-state index < -0.39 is 228 Å². The lowest BCUT2D eigenvalue weighted by molar-refractivity contribution is -0.401. The number of aliphatic hydroxyl groups excluding tert-OH is 17. The van der Waals surface area contributed by atoms with E-state index in [1.54, 1.807) is 0 Å². The smallest absolute Gasteiger partial charge is 0.187 e. The molecule has 39 atom stereocenters. The summed E-state index contributed by atoms with van der Waals surface area (Å²) in [7, 11) is 0. The fraction of sp³-hybridized carbons (Fsp3) is 0.969. The normalized spacial score (nSPS) is 54.0.